The van der Waals surface area contributed by atoms with Crippen LogP contribution in [0.4, 0.5) is 0 Å². The quantitative estimate of drug-likeness (QED) is 0.654. The second kappa shape index (κ2) is 3.42. The zero-order chi connectivity index (χ0) is 11.3. The molecule has 0 bridgehead atoms. The van der Waals surface area contributed by atoms with Gasteiger partial charge < -0.3 is 18.9 Å². The predicted octanol–water partition coefficient (Wildman–Crippen LogP) is 1.54. The van der Waals surface area contributed by atoms with Gasteiger partial charge in [-0.3, -0.25) is 0 Å². The number of hydrogen-bond donors (Lipinski definition) is 0. The minimum atomic E-state index is -0.679. The lowest BCUT2D eigenvalue weighted by molar-refractivity contribution is -0.175. The van der Waals surface area contributed by atoms with E-state index in [1.54, 1.807) is 14.2 Å². The number of hydrogen-bond acceptors (Lipinski definition) is 4. The first-order valence-corrected chi connectivity index (χ1v) is 5.48. The van der Waals surface area contributed by atoms with Gasteiger partial charge in [0.25, 0.3) is 11.6 Å². The fraction of sp³-hybridized carbons (Fsp3) is 1.00. The maximum Gasteiger partial charge on any atom is 0.254 e. The lowest BCUT2D eigenvalue weighted by atomic mass is 10.00. The molecule has 4 atom stereocenters. The first-order valence-electron chi connectivity index (χ1n) is 5.48. The minimum Gasteiger partial charge on any atom is -0.347 e. The van der Waals surface area contributed by atoms with Crippen molar-refractivity contribution >= 4 is 0 Å². The Bertz CT molecular complexity index is 251. The van der Waals surface area contributed by atoms with Crippen molar-refractivity contribution in [1.29, 1.82) is 0 Å². The van der Waals surface area contributed by atoms with Crippen LogP contribution in [0, 0.1) is 5.92 Å². The van der Waals surface area contributed by atoms with Gasteiger partial charge in [0.2, 0.25) is 0 Å². The Balaban J connectivity index is 2.07. The molecule has 15 heavy (non-hydrogen) atoms. The second-order valence-electron chi connectivity index (χ2n) is 4.74. The Hall–Kier alpha value is -0.160. The van der Waals surface area contributed by atoms with E-state index < -0.39 is 11.6 Å². The Labute approximate surface area is 90.8 Å². The standard InChI is InChI=1S/C11H20O4/c1-7(2)6-9-11(13-5,15-9)10(12-4)8(3)14-10/h7-9H,6H2,1-5H3. The minimum absolute atomic E-state index is 0.0413. The summed E-state index contributed by atoms with van der Waals surface area (Å²) in [4.78, 5) is 0. The molecule has 4 nitrogen and oxygen atoms in total. The van der Waals surface area contributed by atoms with Gasteiger partial charge >= 0.3 is 0 Å². The topological polar surface area (TPSA) is 43.5 Å². The van der Waals surface area contributed by atoms with Crippen LogP contribution in [0.25, 0.3) is 0 Å². The van der Waals surface area contributed by atoms with Gasteiger partial charge in [0.05, 0.1) is 0 Å². The second-order valence-corrected chi connectivity index (χ2v) is 4.74. The molecule has 4 unspecified atom stereocenters. The van der Waals surface area contributed by atoms with E-state index >= 15 is 0 Å². The first-order chi connectivity index (χ1) is 7.02. The molecule has 2 saturated heterocycles. The van der Waals surface area contributed by atoms with Crippen LogP contribution in [-0.2, 0) is 18.9 Å². The summed E-state index contributed by atoms with van der Waals surface area (Å²) >= 11 is 0. The predicted molar refractivity (Wildman–Crippen MR) is 54.4 cm³/mol. The summed E-state index contributed by atoms with van der Waals surface area (Å²) in [5.41, 5.74) is 0. The third kappa shape index (κ3) is 1.43. The van der Waals surface area contributed by atoms with E-state index in [1.165, 1.54) is 0 Å². The van der Waals surface area contributed by atoms with Crippen molar-refractivity contribution in [2.75, 3.05) is 14.2 Å². The van der Waals surface area contributed by atoms with E-state index in [9.17, 15) is 0 Å². The van der Waals surface area contributed by atoms with Crippen molar-refractivity contribution in [1.82, 2.24) is 0 Å². The summed E-state index contributed by atoms with van der Waals surface area (Å²) < 4.78 is 22.1. The van der Waals surface area contributed by atoms with Crippen molar-refractivity contribution in [3.05, 3.63) is 0 Å². The number of ether oxygens (including phenoxy) is 4. The molecule has 0 N–H and O–H groups in total. The monoisotopic (exact) mass is 216 g/mol. The van der Waals surface area contributed by atoms with E-state index in [0.29, 0.717) is 5.92 Å². The molecule has 2 rings (SSSR count). The van der Waals surface area contributed by atoms with Gasteiger partial charge in [-0.25, -0.2) is 0 Å². The molecule has 2 aliphatic heterocycles. The molecular formula is C11H20O4. The molecule has 2 heterocycles. The molecular weight excluding hydrogens is 196 g/mol. The molecule has 0 aromatic heterocycles. The van der Waals surface area contributed by atoms with Crippen LogP contribution in [0.15, 0.2) is 0 Å². The molecule has 88 valence electrons. The smallest absolute Gasteiger partial charge is 0.254 e. The molecule has 0 radical (unpaired) electrons. The Morgan fingerprint density at radius 3 is 2.00 bits per heavy atom. The van der Waals surface area contributed by atoms with Crippen LogP contribution >= 0.6 is 0 Å². The van der Waals surface area contributed by atoms with Gasteiger partial charge in [0.1, 0.15) is 12.2 Å². The van der Waals surface area contributed by atoms with E-state index in [4.69, 9.17) is 18.9 Å². The third-order valence-corrected chi connectivity index (χ3v) is 3.29. The molecule has 4 heteroatoms. The number of epoxide rings is 2. The van der Waals surface area contributed by atoms with Crippen molar-refractivity contribution in [2.24, 2.45) is 5.92 Å². The fourth-order valence-corrected chi connectivity index (χ4v) is 2.39. The summed E-state index contributed by atoms with van der Waals surface area (Å²) in [6.07, 6.45) is 1.10. The molecule has 0 aliphatic carbocycles. The summed E-state index contributed by atoms with van der Waals surface area (Å²) in [6.45, 7) is 6.30. The van der Waals surface area contributed by atoms with Crippen molar-refractivity contribution in [2.45, 2.75) is 51.0 Å². The molecule has 0 aromatic rings. The average molecular weight is 216 g/mol. The van der Waals surface area contributed by atoms with Gasteiger partial charge in [-0.15, -0.1) is 0 Å². The van der Waals surface area contributed by atoms with Crippen LogP contribution in [0.5, 0.6) is 0 Å². The Morgan fingerprint density at radius 2 is 1.67 bits per heavy atom. The highest BCUT2D eigenvalue weighted by atomic mass is 16.9. The van der Waals surface area contributed by atoms with Crippen molar-refractivity contribution in [3.63, 3.8) is 0 Å². The fourth-order valence-electron chi connectivity index (χ4n) is 2.39. The van der Waals surface area contributed by atoms with Crippen molar-refractivity contribution < 1.29 is 18.9 Å². The van der Waals surface area contributed by atoms with Crippen molar-refractivity contribution in [3.8, 4) is 0 Å². The molecule has 0 amide bonds. The maximum absolute atomic E-state index is 5.68. The zero-order valence-electron chi connectivity index (χ0n) is 10.1. The normalized spacial score (nSPS) is 48.4. The highest BCUT2D eigenvalue weighted by molar-refractivity contribution is 5.15. The Morgan fingerprint density at radius 1 is 1.13 bits per heavy atom. The average Bonchev–Trinajstić information content (AvgIpc) is 3.03. The van der Waals surface area contributed by atoms with Crippen LogP contribution in [-0.4, -0.2) is 38.0 Å². The van der Waals surface area contributed by atoms with E-state index in [0.717, 1.165) is 6.42 Å². The largest absolute Gasteiger partial charge is 0.347 e. The zero-order valence-corrected chi connectivity index (χ0v) is 10.1. The summed E-state index contributed by atoms with van der Waals surface area (Å²) in [5.74, 6) is -0.776. The molecule has 0 aromatic carbocycles. The Kier molecular flexibility index (Phi) is 2.58. The molecule has 2 aliphatic rings. The molecule has 0 spiro atoms. The first kappa shape index (κ1) is 11.3. The molecule has 2 fully saturated rings. The summed E-state index contributed by atoms with van der Waals surface area (Å²) in [5, 5.41) is 0. The van der Waals surface area contributed by atoms with Gasteiger partial charge in [-0.2, -0.15) is 0 Å². The van der Waals surface area contributed by atoms with Crippen LogP contribution < -0.4 is 0 Å². The van der Waals surface area contributed by atoms with Crippen LogP contribution in [0.3, 0.4) is 0 Å². The third-order valence-electron chi connectivity index (χ3n) is 3.29. The van der Waals surface area contributed by atoms with Crippen LogP contribution in [0.1, 0.15) is 27.2 Å². The van der Waals surface area contributed by atoms with Crippen LogP contribution in [0.2, 0.25) is 0 Å². The van der Waals surface area contributed by atoms with Gasteiger partial charge in [0, 0.05) is 14.2 Å². The van der Waals surface area contributed by atoms with E-state index in [2.05, 4.69) is 13.8 Å². The SMILES string of the molecule is COC1(C2(OC)OC2CC(C)C)OC1C. The lowest BCUT2D eigenvalue weighted by Gasteiger charge is -2.19. The van der Waals surface area contributed by atoms with Gasteiger partial charge in [-0.05, 0) is 19.3 Å². The maximum atomic E-state index is 5.68. The molecule has 0 saturated carbocycles. The summed E-state index contributed by atoms with van der Waals surface area (Å²) in [7, 11) is 3.29. The van der Waals surface area contributed by atoms with E-state index in [1.807, 2.05) is 6.92 Å². The highest BCUT2D eigenvalue weighted by Gasteiger charge is 2.81. The number of rotatable bonds is 5. The van der Waals surface area contributed by atoms with Gasteiger partial charge in [-0.1, -0.05) is 13.8 Å². The summed E-state index contributed by atoms with van der Waals surface area (Å²) in [6, 6.07) is 0. The van der Waals surface area contributed by atoms with Gasteiger partial charge in [0.15, 0.2) is 0 Å². The lowest BCUT2D eigenvalue weighted by Crippen LogP contribution is -2.41. The van der Waals surface area contributed by atoms with E-state index in [-0.39, 0.29) is 12.2 Å². The number of methoxy groups -OCH3 is 2. The highest BCUT2D eigenvalue weighted by Crippen LogP contribution is 2.59.